The van der Waals surface area contributed by atoms with Gasteiger partial charge in [-0.25, -0.2) is 0 Å². The highest BCUT2D eigenvalue weighted by Gasteiger charge is 2.48. The fraction of sp³-hybridized carbons (Fsp3) is 0.464. The molecule has 5 rings (SSSR count). The van der Waals surface area contributed by atoms with E-state index >= 15 is 0 Å². The molecule has 2 fully saturated rings. The third-order valence-electron chi connectivity index (χ3n) is 7.53. The van der Waals surface area contributed by atoms with Crippen LogP contribution in [-0.4, -0.2) is 128 Å². The summed E-state index contributed by atoms with van der Waals surface area (Å²) in [4.78, 5) is 13.3. The minimum Gasteiger partial charge on any atom is -0.508 e. The minimum absolute atomic E-state index is 0.0160. The Kier molecular flexibility index (Phi) is 9.28. The van der Waals surface area contributed by atoms with Crippen molar-refractivity contribution in [1.82, 2.24) is 0 Å². The number of aliphatic hydroxyl groups excluding tert-OH is 7. The SMILES string of the molecule is COc1c(O[C@@H]2O[C@H](CO[C@@H]3O[C@H](CO)[C@@H](O)[C@H](O)[C@H]3O)[C@@H](O)[C@H](O)[C@H]2O)cc2occ(-c3ccc(O)cc3)c(=O)c2c1O. The molecule has 0 spiro atoms. The van der Waals surface area contributed by atoms with Gasteiger partial charge in [0.2, 0.25) is 17.5 Å². The van der Waals surface area contributed by atoms with Crippen LogP contribution in [-0.2, 0) is 14.2 Å². The quantitative estimate of drug-likeness (QED) is 0.130. The normalized spacial score (nSPS) is 32.5. The van der Waals surface area contributed by atoms with Crippen molar-refractivity contribution in [3.8, 4) is 34.1 Å². The van der Waals surface area contributed by atoms with E-state index in [0.29, 0.717) is 5.56 Å². The molecule has 0 unspecified atom stereocenters. The van der Waals surface area contributed by atoms with Gasteiger partial charge in [-0.05, 0) is 17.7 Å². The summed E-state index contributed by atoms with van der Waals surface area (Å²) in [7, 11) is 1.17. The predicted octanol–water partition coefficient (Wildman–Crippen LogP) is -2.12. The molecule has 2 aromatic carbocycles. The van der Waals surface area contributed by atoms with E-state index in [4.69, 9.17) is 28.1 Å². The fourth-order valence-corrected chi connectivity index (χ4v) is 5.02. The second kappa shape index (κ2) is 12.8. The molecule has 0 saturated carbocycles. The second-order valence-electron chi connectivity index (χ2n) is 10.3. The van der Waals surface area contributed by atoms with Gasteiger partial charge >= 0.3 is 0 Å². The Bertz CT molecular complexity index is 1510. The van der Waals surface area contributed by atoms with Crippen LogP contribution in [0.15, 0.2) is 45.8 Å². The van der Waals surface area contributed by atoms with Crippen LogP contribution >= 0.6 is 0 Å². The van der Waals surface area contributed by atoms with Gasteiger partial charge in [-0.2, -0.15) is 0 Å². The van der Waals surface area contributed by atoms with Crippen LogP contribution in [0.2, 0.25) is 0 Å². The summed E-state index contributed by atoms with van der Waals surface area (Å²) in [5.74, 6) is -1.31. The van der Waals surface area contributed by atoms with Crippen LogP contribution in [0.5, 0.6) is 23.0 Å². The van der Waals surface area contributed by atoms with Crippen LogP contribution in [0.4, 0.5) is 0 Å². The molecule has 0 radical (unpaired) electrons. The summed E-state index contributed by atoms with van der Waals surface area (Å²) in [5, 5.41) is 91.4. The number of methoxy groups -OCH3 is 1. The van der Waals surface area contributed by atoms with Crippen LogP contribution in [0.25, 0.3) is 22.1 Å². The standard InChI is InChI=1S/C28H32O16/c1-39-26-14(6-13-17(21(26)34)18(31)12(8-40-13)10-2-4-11(30)5-3-10)42-28-25(38)23(36)20(33)16(44-28)9-41-27-24(37)22(35)19(32)15(7-29)43-27/h2-6,8,15-16,19-20,22-25,27-30,32-38H,7,9H2,1H3/t15-,16-,19-,20-,22+,23+,24-,25-,27-,28-/m1/s1. The lowest BCUT2D eigenvalue weighted by Crippen LogP contribution is -2.62. The fourth-order valence-electron chi connectivity index (χ4n) is 5.02. The number of aromatic hydroxyl groups is 2. The number of hydrogen-bond donors (Lipinski definition) is 9. The number of phenols is 2. The molecule has 3 heterocycles. The van der Waals surface area contributed by atoms with Crippen molar-refractivity contribution >= 4 is 11.0 Å². The molecular weight excluding hydrogens is 592 g/mol. The van der Waals surface area contributed by atoms with Crippen LogP contribution in [0.1, 0.15) is 0 Å². The lowest BCUT2D eigenvalue weighted by Gasteiger charge is -2.42. The zero-order chi connectivity index (χ0) is 31.9. The molecule has 16 nitrogen and oxygen atoms in total. The highest BCUT2D eigenvalue weighted by Crippen LogP contribution is 2.43. The monoisotopic (exact) mass is 624 g/mol. The molecule has 3 aromatic rings. The zero-order valence-corrected chi connectivity index (χ0v) is 23.0. The Morgan fingerprint density at radius 1 is 0.818 bits per heavy atom. The molecule has 2 aliphatic rings. The van der Waals surface area contributed by atoms with E-state index in [-0.39, 0.29) is 33.8 Å². The summed E-state index contributed by atoms with van der Waals surface area (Å²) in [6.45, 7) is -1.30. The first-order valence-electron chi connectivity index (χ1n) is 13.4. The van der Waals surface area contributed by atoms with Crippen LogP contribution in [0, 0.1) is 0 Å². The highest BCUT2D eigenvalue weighted by molar-refractivity contribution is 5.91. The van der Waals surface area contributed by atoms with E-state index in [1.54, 1.807) is 0 Å². The first kappa shape index (κ1) is 31.9. The second-order valence-corrected chi connectivity index (χ2v) is 10.3. The molecule has 1 aromatic heterocycles. The number of phenolic OH excluding ortho intramolecular Hbond substituents is 2. The number of aliphatic hydroxyl groups is 7. The Labute approximate surface area is 248 Å². The molecule has 0 bridgehead atoms. The number of benzene rings is 2. The third-order valence-corrected chi connectivity index (χ3v) is 7.53. The molecule has 10 atom stereocenters. The van der Waals surface area contributed by atoms with Crippen LogP contribution in [0.3, 0.4) is 0 Å². The van der Waals surface area contributed by atoms with Crippen molar-refractivity contribution in [3.63, 3.8) is 0 Å². The molecule has 240 valence electrons. The Morgan fingerprint density at radius 3 is 2.07 bits per heavy atom. The average Bonchev–Trinajstić information content (AvgIpc) is 3.01. The zero-order valence-electron chi connectivity index (χ0n) is 23.0. The van der Waals surface area contributed by atoms with Gasteiger partial charge < -0.3 is 74.1 Å². The summed E-state index contributed by atoms with van der Waals surface area (Å²) >= 11 is 0. The van der Waals surface area contributed by atoms with Crippen LogP contribution < -0.4 is 14.9 Å². The summed E-state index contributed by atoms with van der Waals surface area (Å²) in [6.07, 6.45) is -15.4. The van der Waals surface area contributed by atoms with Crippen molar-refractivity contribution in [2.45, 2.75) is 61.4 Å². The molecule has 44 heavy (non-hydrogen) atoms. The largest absolute Gasteiger partial charge is 0.508 e. The van der Waals surface area contributed by atoms with Gasteiger partial charge in [-0.15, -0.1) is 0 Å². The van der Waals surface area contributed by atoms with E-state index in [1.807, 2.05) is 0 Å². The molecule has 2 aliphatic heterocycles. The van der Waals surface area contributed by atoms with Gasteiger partial charge in [0.05, 0.1) is 25.9 Å². The summed E-state index contributed by atoms with van der Waals surface area (Å²) in [5.41, 5.74) is -0.286. The Balaban J connectivity index is 1.39. The van der Waals surface area contributed by atoms with Crippen molar-refractivity contribution in [2.75, 3.05) is 20.3 Å². The third kappa shape index (κ3) is 5.80. The van der Waals surface area contributed by atoms with Gasteiger partial charge in [-0.1, -0.05) is 12.1 Å². The topological polar surface area (TPSA) is 258 Å². The summed E-state index contributed by atoms with van der Waals surface area (Å²) < 4.78 is 32.9. The van der Waals surface area contributed by atoms with E-state index in [1.165, 1.54) is 37.4 Å². The van der Waals surface area contributed by atoms with Crippen molar-refractivity contribution in [2.24, 2.45) is 0 Å². The molecule has 0 aliphatic carbocycles. The number of hydrogen-bond acceptors (Lipinski definition) is 16. The van der Waals surface area contributed by atoms with Gasteiger partial charge in [-0.3, -0.25) is 4.79 Å². The lowest BCUT2D eigenvalue weighted by molar-refractivity contribution is -0.323. The maximum absolute atomic E-state index is 13.3. The van der Waals surface area contributed by atoms with E-state index in [9.17, 15) is 50.8 Å². The summed E-state index contributed by atoms with van der Waals surface area (Å²) in [6, 6.07) is 6.90. The van der Waals surface area contributed by atoms with Crippen molar-refractivity contribution in [3.05, 3.63) is 46.8 Å². The van der Waals surface area contributed by atoms with Gasteiger partial charge in [0.15, 0.2) is 17.8 Å². The Hall–Kier alpha value is -3.55. The maximum atomic E-state index is 13.3. The van der Waals surface area contributed by atoms with Gasteiger partial charge in [0.1, 0.15) is 71.8 Å². The maximum Gasteiger partial charge on any atom is 0.229 e. The first-order valence-corrected chi connectivity index (χ1v) is 13.4. The van der Waals surface area contributed by atoms with E-state index in [0.717, 1.165) is 6.26 Å². The molecule has 9 N–H and O–H groups in total. The number of fused-ring (bicyclic) bond motifs is 1. The minimum atomic E-state index is -1.85. The average molecular weight is 625 g/mol. The lowest BCUT2D eigenvalue weighted by atomic mass is 9.98. The molecule has 16 heteroatoms. The number of ether oxygens (including phenoxy) is 5. The van der Waals surface area contributed by atoms with Gasteiger partial charge in [0.25, 0.3) is 0 Å². The van der Waals surface area contributed by atoms with E-state index in [2.05, 4.69) is 0 Å². The van der Waals surface area contributed by atoms with Gasteiger partial charge in [0, 0.05) is 6.07 Å². The van der Waals surface area contributed by atoms with Crippen molar-refractivity contribution in [1.29, 1.82) is 0 Å². The smallest absolute Gasteiger partial charge is 0.229 e. The first-order chi connectivity index (χ1) is 21.0. The molecule has 2 saturated heterocycles. The predicted molar refractivity (Wildman–Crippen MR) is 145 cm³/mol. The molecular formula is C28H32O16. The highest BCUT2D eigenvalue weighted by atomic mass is 16.7. The Morgan fingerprint density at radius 2 is 1.43 bits per heavy atom. The van der Waals surface area contributed by atoms with E-state index < -0.39 is 85.8 Å². The van der Waals surface area contributed by atoms with Crippen molar-refractivity contribution < 1.29 is 74.1 Å². The number of rotatable bonds is 8. The molecule has 0 amide bonds.